The molecule has 8 nitrogen and oxygen atoms in total. The van der Waals surface area contributed by atoms with Gasteiger partial charge in [0.05, 0.1) is 14.2 Å². The second kappa shape index (κ2) is 9.94. The van der Waals surface area contributed by atoms with E-state index in [1.54, 1.807) is 24.3 Å². The van der Waals surface area contributed by atoms with Gasteiger partial charge in [-0.2, -0.15) is 18.2 Å². The molecule has 12 heteroatoms. The zero-order chi connectivity index (χ0) is 26.1. The summed E-state index contributed by atoms with van der Waals surface area (Å²) in [5.41, 5.74) is -1.53. The van der Waals surface area contributed by atoms with E-state index in [0.717, 1.165) is 0 Å². The van der Waals surface area contributed by atoms with Gasteiger partial charge in [-0.1, -0.05) is 24.3 Å². The largest absolute Gasteiger partial charge is 0.497 e. The summed E-state index contributed by atoms with van der Waals surface area (Å²) in [5, 5.41) is 3.48. The van der Waals surface area contributed by atoms with Crippen LogP contribution >= 0.6 is 12.2 Å². The van der Waals surface area contributed by atoms with E-state index in [4.69, 9.17) is 26.5 Å². The summed E-state index contributed by atoms with van der Waals surface area (Å²) >= 11 is 5.52. The number of carbonyl (C=O) groups is 2. The minimum Gasteiger partial charge on any atom is -0.497 e. The van der Waals surface area contributed by atoms with Gasteiger partial charge in [-0.3, -0.25) is 9.69 Å². The molecular formula is C24H24F3N3O5S. The molecular weight excluding hydrogens is 499 g/mol. The fourth-order valence-corrected chi connectivity index (χ4v) is 4.94. The van der Waals surface area contributed by atoms with Crippen molar-refractivity contribution in [2.75, 3.05) is 27.3 Å². The van der Waals surface area contributed by atoms with E-state index < -0.39 is 29.6 Å². The van der Waals surface area contributed by atoms with Gasteiger partial charge in [-0.25, -0.2) is 4.79 Å². The van der Waals surface area contributed by atoms with Crippen LogP contribution in [0.3, 0.4) is 0 Å². The SMILES string of the molecule is COc1ccc(C2(c3ccc(OC)cc3)C(=O)N(C3CCNCC3)C(=S)N2OC(=O)C(F)(F)F)cc1. The lowest BCUT2D eigenvalue weighted by Crippen LogP contribution is -2.50. The molecule has 2 heterocycles. The zero-order valence-electron chi connectivity index (χ0n) is 19.5. The van der Waals surface area contributed by atoms with Gasteiger partial charge in [0.2, 0.25) is 10.7 Å². The highest BCUT2D eigenvalue weighted by atomic mass is 32.1. The Morgan fingerprint density at radius 2 is 1.44 bits per heavy atom. The second-order valence-electron chi connectivity index (χ2n) is 8.28. The summed E-state index contributed by atoms with van der Waals surface area (Å²) in [6, 6.07) is 12.0. The fourth-order valence-electron chi connectivity index (χ4n) is 4.53. The molecule has 2 aliphatic heterocycles. The first-order chi connectivity index (χ1) is 17.1. The molecule has 2 aromatic carbocycles. The minimum atomic E-state index is -5.31. The Morgan fingerprint density at radius 1 is 0.972 bits per heavy atom. The van der Waals surface area contributed by atoms with E-state index in [1.807, 2.05) is 0 Å². The fraction of sp³-hybridized carbons (Fsp3) is 0.375. The van der Waals surface area contributed by atoms with E-state index in [1.165, 1.54) is 43.4 Å². The number of amides is 1. The molecule has 192 valence electrons. The molecule has 36 heavy (non-hydrogen) atoms. The molecule has 0 radical (unpaired) electrons. The van der Waals surface area contributed by atoms with Gasteiger partial charge >= 0.3 is 12.1 Å². The molecule has 0 atom stereocenters. The normalized spacial score (nSPS) is 18.4. The van der Waals surface area contributed by atoms with Crippen molar-refractivity contribution in [3.05, 3.63) is 59.7 Å². The Balaban J connectivity index is 1.95. The Labute approximate surface area is 210 Å². The van der Waals surface area contributed by atoms with E-state index in [2.05, 4.69) is 5.32 Å². The number of alkyl halides is 3. The molecule has 0 aliphatic carbocycles. The maximum absolute atomic E-state index is 14.3. The van der Waals surface area contributed by atoms with Gasteiger partial charge in [-0.15, -0.1) is 0 Å². The average Bonchev–Trinajstić information content (AvgIpc) is 3.10. The number of ether oxygens (including phenoxy) is 2. The van der Waals surface area contributed by atoms with E-state index >= 15 is 0 Å². The van der Waals surface area contributed by atoms with Crippen LogP contribution in [-0.2, 0) is 20.0 Å². The molecule has 0 unspecified atom stereocenters. The molecule has 2 fully saturated rings. The van der Waals surface area contributed by atoms with Gasteiger partial charge in [-0.05, 0) is 73.5 Å². The van der Waals surface area contributed by atoms with Crippen molar-refractivity contribution in [3.8, 4) is 11.5 Å². The van der Waals surface area contributed by atoms with Crippen molar-refractivity contribution in [3.63, 3.8) is 0 Å². The third-order valence-electron chi connectivity index (χ3n) is 6.31. The summed E-state index contributed by atoms with van der Waals surface area (Å²) in [4.78, 5) is 32.6. The first-order valence-electron chi connectivity index (χ1n) is 11.1. The lowest BCUT2D eigenvalue weighted by molar-refractivity contribution is -0.233. The first kappa shape index (κ1) is 25.7. The standard InChI is InChI=1S/C24H24F3N3O5S/c1-33-18-7-3-15(4-8-18)23(16-5-9-19(34-2)10-6-16)20(31)29(17-11-13-28-14-12-17)22(36)30(23)35-21(32)24(25,26)27/h3-10,17,28H,11-14H2,1-2H3. The Hall–Kier alpha value is -3.38. The maximum Gasteiger partial charge on any atom is 0.493 e. The van der Waals surface area contributed by atoms with Crippen molar-refractivity contribution >= 4 is 29.2 Å². The highest BCUT2D eigenvalue weighted by Crippen LogP contribution is 2.46. The number of methoxy groups -OCH3 is 2. The number of carbonyl (C=O) groups excluding carboxylic acids is 2. The molecule has 0 aromatic heterocycles. The molecule has 4 rings (SSSR count). The van der Waals surface area contributed by atoms with Crippen molar-refractivity contribution in [2.45, 2.75) is 30.6 Å². The topological polar surface area (TPSA) is 80.3 Å². The number of nitrogens with zero attached hydrogens (tertiary/aromatic N) is 2. The molecule has 2 aliphatic rings. The monoisotopic (exact) mass is 523 g/mol. The predicted octanol–water partition coefficient (Wildman–Crippen LogP) is 3.15. The molecule has 2 aromatic rings. The smallest absolute Gasteiger partial charge is 0.493 e. The van der Waals surface area contributed by atoms with E-state index in [0.29, 0.717) is 42.5 Å². The first-order valence-corrected chi connectivity index (χ1v) is 11.5. The third-order valence-corrected chi connectivity index (χ3v) is 6.67. The molecule has 0 bridgehead atoms. The Morgan fingerprint density at radius 3 is 1.86 bits per heavy atom. The minimum absolute atomic E-state index is 0.243. The Kier molecular flexibility index (Phi) is 7.10. The third kappa shape index (κ3) is 4.35. The lowest BCUT2D eigenvalue weighted by Gasteiger charge is -2.35. The number of rotatable bonds is 6. The van der Waals surface area contributed by atoms with Crippen LogP contribution in [0.2, 0.25) is 0 Å². The number of benzene rings is 2. The number of halogens is 3. The molecule has 0 spiro atoms. The summed E-state index contributed by atoms with van der Waals surface area (Å²) in [6.07, 6.45) is -4.27. The van der Waals surface area contributed by atoms with Gasteiger partial charge in [0.1, 0.15) is 11.5 Å². The predicted molar refractivity (Wildman–Crippen MR) is 126 cm³/mol. The van der Waals surface area contributed by atoms with Gasteiger partial charge in [0, 0.05) is 6.04 Å². The van der Waals surface area contributed by atoms with Crippen LogP contribution in [0.4, 0.5) is 13.2 Å². The van der Waals surface area contributed by atoms with Crippen LogP contribution in [0, 0.1) is 0 Å². The van der Waals surface area contributed by atoms with Crippen molar-refractivity contribution in [1.82, 2.24) is 15.3 Å². The zero-order valence-corrected chi connectivity index (χ0v) is 20.3. The molecule has 1 amide bonds. The molecule has 1 N–H and O–H groups in total. The summed E-state index contributed by atoms with van der Waals surface area (Å²) in [7, 11) is 2.92. The van der Waals surface area contributed by atoms with Crippen LogP contribution < -0.4 is 14.8 Å². The van der Waals surface area contributed by atoms with E-state index in [9.17, 15) is 22.8 Å². The van der Waals surface area contributed by atoms with Crippen molar-refractivity contribution < 1.29 is 37.1 Å². The second-order valence-corrected chi connectivity index (χ2v) is 8.64. The molecule has 2 saturated heterocycles. The van der Waals surface area contributed by atoms with Crippen molar-refractivity contribution in [2.24, 2.45) is 0 Å². The average molecular weight is 524 g/mol. The number of piperidine rings is 1. The quantitative estimate of drug-likeness (QED) is 0.579. The van der Waals surface area contributed by atoms with Gasteiger partial charge < -0.3 is 19.6 Å². The number of thiocarbonyl (C=S) groups is 1. The number of hydrogen-bond donors (Lipinski definition) is 1. The van der Waals surface area contributed by atoms with Gasteiger partial charge in [0.15, 0.2) is 0 Å². The van der Waals surface area contributed by atoms with E-state index in [-0.39, 0.29) is 16.2 Å². The summed E-state index contributed by atoms with van der Waals surface area (Å²) in [6.45, 7) is 1.19. The van der Waals surface area contributed by atoms with Crippen LogP contribution in [0.25, 0.3) is 0 Å². The highest BCUT2D eigenvalue weighted by Gasteiger charge is 2.63. The van der Waals surface area contributed by atoms with Crippen LogP contribution in [0.1, 0.15) is 24.0 Å². The van der Waals surface area contributed by atoms with Crippen LogP contribution in [0.15, 0.2) is 48.5 Å². The van der Waals surface area contributed by atoms with Crippen molar-refractivity contribution in [1.29, 1.82) is 0 Å². The number of hydroxylamine groups is 2. The number of nitrogens with one attached hydrogen (secondary N) is 1. The summed E-state index contributed by atoms with van der Waals surface area (Å²) in [5.74, 6) is -2.18. The van der Waals surface area contributed by atoms with Crippen LogP contribution in [0.5, 0.6) is 11.5 Å². The summed E-state index contributed by atoms with van der Waals surface area (Å²) < 4.78 is 50.5. The maximum atomic E-state index is 14.3. The molecule has 0 saturated carbocycles. The Bertz CT molecular complexity index is 1090. The lowest BCUT2D eigenvalue weighted by atomic mass is 9.82. The van der Waals surface area contributed by atoms with Crippen LogP contribution in [-0.4, -0.2) is 66.5 Å². The highest BCUT2D eigenvalue weighted by molar-refractivity contribution is 7.80. The van der Waals surface area contributed by atoms with Gasteiger partial charge in [0.25, 0.3) is 5.91 Å². The number of hydrogen-bond acceptors (Lipinski definition) is 7.